The lowest BCUT2D eigenvalue weighted by Crippen LogP contribution is -2.71. The summed E-state index contributed by atoms with van der Waals surface area (Å²) >= 11 is 2.50. The van der Waals surface area contributed by atoms with Crippen LogP contribution in [-0.4, -0.2) is 57.7 Å². The first kappa shape index (κ1) is 23.7. The molecular formula is C21H22N6O5S2. The minimum absolute atomic E-state index is 0.134. The third-order valence-electron chi connectivity index (χ3n) is 5.26. The fourth-order valence-electron chi connectivity index (χ4n) is 4.00. The smallest absolute Gasteiger partial charge is 0.276 e. The molecule has 0 aromatic carbocycles. The van der Waals surface area contributed by atoms with Gasteiger partial charge in [0, 0.05) is 27.8 Å². The van der Waals surface area contributed by atoms with E-state index in [2.05, 4.69) is 15.5 Å². The largest absolute Gasteiger partial charge is 0.543 e. The quantitative estimate of drug-likeness (QED) is 0.213. The fourth-order valence-corrected chi connectivity index (χ4v) is 5.88. The molecule has 2 aromatic rings. The molecule has 2 aromatic heterocycles. The first-order chi connectivity index (χ1) is 16.2. The Kier molecular flexibility index (Phi) is 6.57. The highest BCUT2D eigenvalue weighted by Crippen LogP contribution is 2.40. The van der Waals surface area contributed by atoms with Gasteiger partial charge in [-0.3, -0.25) is 14.5 Å². The molecule has 1 saturated heterocycles. The third kappa shape index (κ3) is 4.48. The molecule has 2 atom stereocenters. The van der Waals surface area contributed by atoms with Gasteiger partial charge in [-0.1, -0.05) is 5.16 Å². The van der Waals surface area contributed by atoms with Gasteiger partial charge in [0.1, 0.15) is 24.2 Å². The van der Waals surface area contributed by atoms with Crippen molar-refractivity contribution >= 4 is 51.7 Å². The van der Waals surface area contributed by atoms with Crippen LogP contribution in [0.3, 0.4) is 0 Å². The standard InChI is InChI=1S/C21H22N6O5S2/c1-10-4-11(2)6-26(5-10)7-12-8-33-19-15(18(29)27(19)16(12)20(30)31)24-17(28)14(25-32-3)13-9-34-21(22)23-13/h4-6,9,15,19H,7-8H2,1-3H3,(H3-,22,23,24,28,30,31)/b25-14-/t15-,19-/m1/s1. The van der Waals surface area contributed by atoms with Crippen molar-refractivity contribution in [3.05, 3.63) is 51.9 Å². The average molecular weight is 503 g/mol. The van der Waals surface area contributed by atoms with Crippen LogP contribution in [0.15, 0.2) is 40.3 Å². The van der Waals surface area contributed by atoms with Crippen molar-refractivity contribution in [2.75, 3.05) is 18.6 Å². The second-order valence-electron chi connectivity index (χ2n) is 7.86. The van der Waals surface area contributed by atoms with Gasteiger partial charge in [0.05, 0.1) is 11.7 Å². The monoisotopic (exact) mass is 502 g/mol. The van der Waals surface area contributed by atoms with Crippen LogP contribution in [0.4, 0.5) is 5.13 Å². The van der Waals surface area contributed by atoms with Crippen LogP contribution in [0.2, 0.25) is 0 Å². The summed E-state index contributed by atoms with van der Waals surface area (Å²) in [4.78, 5) is 47.7. The van der Waals surface area contributed by atoms with E-state index in [4.69, 9.17) is 10.6 Å². The van der Waals surface area contributed by atoms with Gasteiger partial charge >= 0.3 is 0 Å². The van der Waals surface area contributed by atoms with Crippen molar-refractivity contribution < 1.29 is 28.9 Å². The number of oxime groups is 1. The van der Waals surface area contributed by atoms with E-state index < -0.39 is 29.2 Å². The number of nitrogens with zero attached hydrogens (tertiary/aromatic N) is 4. The van der Waals surface area contributed by atoms with E-state index in [1.54, 1.807) is 5.38 Å². The number of hydrogen-bond acceptors (Lipinski definition) is 10. The van der Waals surface area contributed by atoms with Crippen LogP contribution < -0.4 is 20.7 Å². The number of pyridine rings is 1. The lowest BCUT2D eigenvalue weighted by Gasteiger charge is -2.50. The number of fused-ring (bicyclic) bond motifs is 1. The number of aryl methyl sites for hydroxylation is 2. The summed E-state index contributed by atoms with van der Waals surface area (Å²) in [5, 5.41) is 19.6. The van der Waals surface area contributed by atoms with Gasteiger partial charge in [-0.05, 0) is 19.9 Å². The molecular weight excluding hydrogens is 480 g/mol. The normalized spacial score (nSPS) is 20.0. The number of amides is 2. The number of thiazole rings is 1. The summed E-state index contributed by atoms with van der Waals surface area (Å²) in [5.41, 5.74) is 8.20. The lowest BCUT2D eigenvalue weighted by molar-refractivity contribution is -0.689. The van der Waals surface area contributed by atoms with Gasteiger partial charge in [0.15, 0.2) is 29.8 Å². The highest BCUT2D eigenvalue weighted by atomic mass is 32.2. The molecule has 0 radical (unpaired) electrons. The van der Waals surface area contributed by atoms with E-state index in [9.17, 15) is 19.5 Å². The van der Waals surface area contributed by atoms with Gasteiger partial charge in [0.25, 0.3) is 11.8 Å². The zero-order chi connectivity index (χ0) is 24.6. The number of carboxylic acids is 1. The van der Waals surface area contributed by atoms with Gasteiger partial charge in [0.2, 0.25) is 0 Å². The van der Waals surface area contributed by atoms with E-state index in [0.29, 0.717) is 17.9 Å². The maximum absolute atomic E-state index is 12.9. The third-order valence-corrected chi connectivity index (χ3v) is 7.27. The molecule has 2 amide bonds. The molecule has 2 aliphatic rings. The van der Waals surface area contributed by atoms with Gasteiger partial charge < -0.3 is 25.8 Å². The number of thioether (sulfide) groups is 1. The number of carboxylic acid groups (broad SMARTS) is 1. The van der Waals surface area contributed by atoms with Crippen molar-refractivity contribution in [2.45, 2.75) is 31.8 Å². The summed E-state index contributed by atoms with van der Waals surface area (Å²) in [6.07, 6.45) is 3.82. The van der Waals surface area contributed by atoms with Gasteiger partial charge in [-0.15, -0.1) is 23.1 Å². The number of nitrogen functional groups attached to an aromatic ring is 1. The van der Waals surface area contributed by atoms with E-state index in [-0.39, 0.29) is 22.2 Å². The highest BCUT2D eigenvalue weighted by molar-refractivity contribution is 8.00. The molecule has 4 heterocycles. The van der Waals surface area contributed by atoms with E-state index in [1.807, 2.05) is 36.9 Å². The number of anilines is 1. The number of carbonyl (C=O) groups is 3. The van der Waals surface area contributed by atoms with Crippen molar-refractivity contribution in [3.63, 3.8) is 0 Å². The van der Waals surface area contributed by atoms with Crippen LogP contribution in [0.5, 0.6) is 0 Å². The second kappa shape index (κ2) is 9.43. The van der Waals surface area contributed by atoms with Crippen molar-refractivity contribution in [1.29, 1.82) is 0 Å². The Morgan fingerprint density at radius 1 is 1.38 bits per heavy atom. The minimum atomic E-state index is -1.43. The molecule has 34 heavy (non-hydrogen) atoms. The van der Waals surface area contributed by atoms with Crippen LogP contribution >= 0.6 is 23.1 Å². The molecule has 0 bridgehead atoms. The van der Waals surface area contributed by atoms with Gasteiger partial charge in [-0.25, -0.2) is 9.55 Å². The Hall–Kier alpha value is -3.45. The van der Waals surface area contributed by atoms with Gasteiger partial charge in [-0.2, -0.15) is 0 Å². The predicted molar refractivity (Wildman–Crippen MR) is 123 cm³/mol. The Morgan fingerprint density at radius 2 is 2.09 bits per heavy atom. The summed E-state index contributed by atoms with van der Waals surface area (Å²) in [6.45, 7) is 4.22. The van der Waals surface area contributed by atoms with E-state index in [0.717, 1.165) is 22.5 Å². The molecule has 0 spiro atoms. The van der Waals surface area contributed by atoms with Crippen molar-refractivity contribution in [1.82, 2.24) is 15.2 Å². The van der Waals surface area contributed by atoms with E-state index in [1.165, 1.54) is 23.8 Å². The molecule has 0 saturated carbocycles. The maximum Gasteiger partial charge on any atom is 0.276 e. The SMILES string of the molecule is CO/N=C(\C(=O)N[C@@H]1C(=O)N2C(C(=O)[O-])=C(C[n+]3cc(C)cc(C)c3)CS[C@H]12)c1csc(N)n1. The summed E-state index contributed by atoms with van der Waals surface area (Å²) in [7, 11) is 1.28. The Bertz CT molecular complexity index is 1220. The Labute approximate surface area is 203 Å². The summed E-state index contributed by atoms with van der Waals surface area (Å²) in [6, 6.07) is 1.09. The molecule has 3 N–H and O–H groups in total. The van der Waals surface area contributed by atoms with Crippen LogP contribution in [0.1, 0.15) is 16.8 Å². The fraction of sp³-hybridized carbons (Fsp3) is 0.333. The number of carbonyl (C=O) groups excluding carboxylic acids is 3. The summed E-state index contributed by atoms with van der Waals surface area (Å²) < 4.78 is 1.89. The Balaban J connectivity index is 1.55. The lowest BCUT2D eigenvalue weighted by atomic mass is 10.0. The van der Waals surface area contributed by atoms with Crippen molar-refractivity contribution in [3.8, 4) is 0 Å². The molecule has 178 valence electrons. The number of nitrogens with two attached hydrogens (primary N) is 1. The average Bonchev–Trinajstić information content (AvgIpc) is 3.20. The first-order valence-electron chi connectivity index (χ1n) is 10.2. The number of aliphatic carboxylic acids is 1. The molecule has 4 rings (SSSR count). The first-order valence-corrected chi connectivity index (χ1v) is 12.1. The zero-order valence-electron chi connectivity index (χ0n) is 18.6. The number of hydrogen-bond donors (Lipinski definition) is 2. The number of rotatable bonds is 7. The van der Waals surface area contributed by atoms with Crippen molar-refractivity contribution in [2.24, 2.45) is 5.16 Å². The van der Waals surface area contributed by atoms with Crippen LogP contribution in [0.25, 0.3) is 0 Å². The molecule has 2 aliphatic heterocycles. The van der Waals surface area contributed by atoms with Crippen LogP contribution in [-0.2, 0) is 25.8 Å². The number of aromatic nitrogens is 2. The minimum Gasteiger partial charge on any atom is -0.543 e. The maximum atomic E-state index is 12.9. The molecule has 1 fully saturated rings. The zero-order valence-corrected chi connectivity index (χ0v) is 20.2. The number of β-lactam (4-membered cyclic amide) rings is 1. The molecule has 0 aliphatic carbocycles. The topological polar surface area (TPSA) is 154 Å². The number of nitrogens with one attached hydrogen (secondary N) is 1. The molecule has 13 heteroatoms. The molecule has 11 nitrogen and oxygen atoms in total. The Morgan fingerprint density at radius 3 is 2.68 bits per heavy atom. The predicted octanol–water partition coefficient (Wildman–Crippen LogP) is -0.916. The second-order valence-corrected chi connectivity index (χ2v) is 9.85. The van der Waals surface area contributed by atoms with Crippen LogP contribution in [0, 0.1) is 13.8 Å². The molecule has 0 unspecified atom stereocenters. The summed E-state index contributed by atoms with van der Waals surface area (Å²) in [5.74, 6) is -2.28. The van der Waals surface area contributed by atoms with E-state index >= 15 is 0 Å². The highest BCUT2D eigenvalue weighted by Gasteiger charge is 2.53.